The van der Waals surface area contributed by atoms with Crippen LogP contribution in [0.3, 0.4) is 0 Å². The fourth-order valence-corrected chi connectivity index (χ4v) is 4.05. The molecule has 0 fully saturated rings. The fourth-order valence-electron chi connectivity index (χ4n) is 4.05. The molecule has 0 aliphatic carbocycles. The maximum atomic E-state index is 13.4. The lowest BCUT2D eigenvalue weighted by Crippen LogP contribution is -2.41. The van der Waals surface area contributed by atoms with E-state index in [9.17, 15) is 18.0 Å². The quantitative estimate of drug-likeness (QED) is 0.265. The Bertz CT molecular complexity index is 1420. The molecule has 188 valence electrons. The maximum absolute atomic E-state index is 13.4. The molecule has 10 heteroatoms. The lowest BCUT2D eigenvalue weighted by Gasteiger charge is -2.26. The normalized spacial score (nSPS) is 14.0. The van der Waals surface area contributed by atoms with E-state index in [1.165, 1.54) is 12.1 Å². The number of fused-ring (bicyclic) bond motifs is 1. The van der Waals surface area contributed by atoms with Gasteiger partial charge in [0.25, 0.3) is 5.91 Å². The first-order chi connectivity index (χ1) is 17.9. The van der Waals surface area contributed by atoms with E-state index in [-0.39, 0.29) is 30.3 Å². The lowest BCUT2D eigenvalue weighted by molar-refractivity contribution is -0.137. The van der Waals surface area contributed by atoms with E-state index in [4.69, 9.17) is 4.84 Å². The van der Waals surface area contributed by atoms with Gasteiger partial charge < -0.3 is 9.74 Å². The molecular weight excluding hydrogens is 483 g/mol. The summed E-state index contributed by atoms with van der Waals surface area (Å²) in [7, 11) is 0. The molecule has 0 bridgehead atoms. The molecule has 5 rings (SSSR count). The lowest BCUT2D eigenvalue weighted by atomic mass is 10.0. The minimum atomic E-state index is -4.51. The van der Waals surface area contributed by atoms with Crippen LogP contribution < -0.4 is 0 Å². The first kappa shape index (κ1) is 24.2. The monoisotopic (exact) mass is 505 g/mol. The molecule has 3 heterocycles. The van der Waals surface area contributed by atoms with Crippen molar-refractivity contribution in [1.82, 2.24) is 19.7 Å². The molecule has 0 unspecified atom stereocenters. The summed E-state index contributed by atoms with van der Waals surface area (Å²) in [6.07, 6.45) is 0.920. The van der Waals surface area contributed by atoms with Gasteiger partial charge >= 0.3 is 6.18 Å². The van der Waals surface area contributed by atoms with Gasteiger partial charge in [0.1, 0.15) is 12.3 Å². The highest BCUT2D eigenvalue weighted by Gasteiger charge is 2.32. The van der Waals surface area contributed by atoms with Crippen molar-refractivity contribution in [2.24, 2.45) is 5.16 Å². The zero-order chi connectivity index (χ0) is 25.8. The van der Waals surface area contributed by atoms with Crippen LogP contribution in [-0.2, 0) is 24.0 Å². The molecule has 0 spiro atoms. The average molecular weight is 506 g/mol. The number of benzene rings is 2. The van der Waals surface area contributed by atoms with Gasteiger partial charge in [0.05, 0.1) is 35.2 Å². The second kappa shape index (κ2) is 10.3. The van der Waals surface area contributed by atoms with E-state index in [0.29, 0.717) is 24.2 Å². The Morgan fingerprint density at radius 1 is 1.05 bits per heavy atom. The van der Waals surface area contributed by atoms with Crippen molar-refractivity contribution in [2.45, 2.75) is 19.2 Å². The Morgan fingerprint density at radius 3 is 2.65 bits per heavy atom. The van der Waals surface area contributed by atoms with Crippen molar-refractivity contribution < 1.29 is 22.8 Å². The Hall–Kier alpha value is -4.47. The van der Waals surface area contributed by atoms with Gasteiger partial charge in [0.2, 0.25) is 0 Å². The molecule has 1 aliphatic rings. The maximum Gasteiger partial charge on any atom is 0.416 e. The van der Waals surface area contributed by atoms with Crippen molar-refractivity contribution in [1.29, 1.82) is 0 Å². The molecule has 2 aromatic carbocycles. The van der Waals surface area contributed by atoms with E-state index in [0.717, 1.165) is 23.4 Å². The minimum absolute atomic E-state index is 0.0214. The van der Waals surface area contributed by atoms with E-state index in [2.05, 4.69) is 15.2 Å². The summed E-state index contributed by atoms with van der Waals surface area (Å²) in [5, 5.41) is 8.69. The van der Waals surface area contributed by atoms with Crippen LogP contribution >= 0.6 is 0 Å². The number of hydrogen-bond donors (Lipinski definition) is 0. The highest BCUT2D eigenvalue weighted by atomic mass is 19.4. The third kappa shape index (κ3) is 5.53. The largest absolute Gasteiger partial charge is 0.416 e. The topological polar surface area (TPSA) is 72.6 Å². The van der Waals surface area contributed by atoms with Crippen LogP contribution in [0, 0.1) is 0 Å². The number of amides is 1. The molecule has 7 nitrogen and oxygen atoms in total. The summed E-state index contributed by atoms with van der Waals surface area (Å²) in [4.78, 5) is 24.5. The van der Waals surface area contributed by atoms with Gasteiger partial charge in [-0.15, -0.1) is 0 Å². The van der Waals surface area contributed by atoms with Gasteiger partial charge in [-0.25, -0.2) is 4.68 Å². The zero-order valence-electron chi connectivity index (χ0n) is 19.6. The number of pyridine rings is 1. The number of carbonyl (C=O) groups excluding carboxylic acids is 1. The van der Waals surface area contributed by atoms with Crippen LogP contribution in [0.4, 0.5) is 13.2 Å². The summed E-state index contributed by atoms with van der Waals surface area (Å²) in [5.74, 6) is -0.279. The van der Waals surface area contributed by atoms with Gasteiger partial charge in [-0.1, -0.05) is 47.6 Å². The molecule has 0 N–H and O–H groups in total. The predicted molar refractivity (Wildman–Crippen MR) is 130 cm³/mol. The molecule has 37 heavy (non-hydrogen) atoms. The standard InChI is InChI=1S/C27H22F3N5O2/c28-27(29,30)21-9-4-8-20(14-21)25(33-37-18-19-6-2-1-3-7-19)17-34-13-11-24-23(26(34)36)16-35(32-24)22-10-5-12-31-15-22/h1-10,12,14-16H,11,13,17-18H2. The van der Waals surface area contributed by atoms with E-state index in [1.807, 2.05) is 36.4 Å². The third-order valence-corrected chi connectivity index (χ3v) is 5.95. The number of aromatic nitrogens is 3. The molecule has 0 atom stereocenters. The summed E-state index contributed by atoms with van der Waals surface area (Å²) >= 11 is 0. The fraction of sp³-hybridized carbons (Fsp3) is 0.185. The Morgan fingerprint density at radius 2 is 1.89 bits per heavy atom. The Labute approximate surface area is 210 Å². The van der Waals surface area contributed by atoms with Crippen molar-refractivity contribution in [2.75, 3.05) is 13.1 Å². The first-order valence-corrected chi connectivity index (χ1v) is 11.6. The Kier molecular flexibility index (Phi) is 6.72. The van der Waals surface area contributed by atoms with Gasteiger partial charge in [-0.3, -0.25) is 9.78 Å². The third-order valence-electron chi connectivity index (χ3n) is 5.95. The summed E-state index contributed by atoms with van der Waals surface area (Å²) in [6.45, 7) is 0.457. The van der Waals surface area contributed by atoms with Crippen molar-refractivity contribution in [3.63, 3.8) is 0 Å². The Balaban J connectivity index is 1.41. The molecule has 2 aromatic heterocycles. The summed E-state index contributed by atoms with van der Waals surface area (Å²) < 4.78 is 41.8. The first-order valence-electron chi connectivity index (χ1n) is 11.6. The summed E-state index contributed by atoms with van der Waals surface area (Å²) in [6, 6.07) is 17.8. The van der Waals surface area contributed by atoms with E-state index >= 15 is 0 Å². The van der Waals surface area contributed by atoms with E-state index in [1.54, 1.807) is 34.2 Å². The SMILES string of the molecule is O=C1c2cn(-c3cccnc3)nc2CCN1CC(=NOCc1ccccc1)c1cccc(C(F)(F)F)c1. The molecule has 0 saturated heterocycles. The number of oxime groups is 1. The average Bonchev–Trinajstić information content (AvgIpc) is 3.36. The number of nitrogens with zero attached hydrogens (tertiary/aromatic N) is 5. The van der Waals surface area contributed by atoms with Crippen LogP contribution in [0.1, 0.15) is 32.7 Å². The number of rotatable bonds is 7. The highest BCUT2D eigenvalue weighted by Crippen LogP contribution is 2.30. The summed E-state index contributed by atoms with van der Waals surface area (Å²) in [5.41, 5.74) is 2.32. The molecule has 0 radical (unpaired) electrons. The van der Waals surface area contributed by atoms with Crippen LogP contribution in [0.5, 0.6) is 0 Å². The number of hydrogen-bond acceptors (Lipinski definition) is 5. The van der Waals surface area contributed by atoms with E-state index < -0.39 is 11.7 Å². The molecular formula is C27H22F3N5O2. The van der Waals surface area contributed by atoms with Crippen molar-refractivity contribution in [3.8, 4) is 5.69 Å². The van der Waals surface area contributed by atoms with Crippen LogP contribution in [-0.4, -0.2) is 44.4 Å². The predicted octanol–water partition coefficient (Wildman–Crippen LogP) is 4.91. The second-order valence-electron chi connectivity index (χ2n) is 8.50. The van der Waals surface area contributed by atoms with Crippen LogP contribution in [0.2, 0.25) is 0 Å². The number of alkyl halides is 3. The second-order valence-corrected chi connectivity index (χ2v) is 8.50. The van der Waals surface area contributed by atoms with Crippen molar-refractivity contribution in [3.05, 3.63) is 113 Å². The highest BCUT2D eigenvalue weighted by molar-refractivity contribution is 6.05. The number of carbonyl (C=O) groups is 1. The van der Waals surface area contributed by atoms with Gasteiger partial charge in [0.15, 0.2) is 0 Å². The molecule has 0 saturated carbocycles. The van der Waals surface area contributed by atoms with Crippen LogP contribution in [0.25, 0.3) is 5.69 Å². The smallest absolute Gasteiger partial charge is 0.391 e. The van der Waals surface area contributed by atoms with Gasteiger partial charge in [0, 0.05) is 30.9 Å². The van der Waals surface area contributed by atoms with Crippen molar-refractivity contribution >= 4 is 11.6 Å². The minimum Gasteiger partial charge on any atom is -0.391 e. The number of halogens is 3. The zero-order valence-corrected chi connectivity index (χ0v) is 19.6. The molecule has 1 amide bonds. The van der Waals surface area contributed by atoms with Gasteiger partial charge in [-0.05, 0) is 29.8 Å². The van der Waals surface area contributed by atoms with Gasteiger partial charge in [-0.2, -0.15) is 18.3 Å². The molecule has 1 aliphatic heterocycles. The molecule has 4 aromatic rings. The van der Waals surface area contributed by atoms with Crippen LogP contribution in [0.15, 0.2) is 90.5 Å².